The second kappa shape index (κ2) is 5.55. The minimum absolute atomic E-state index is 0.0609. The Morgan fingerprint density at radius 1 is 1.69 bits per heavy atom. The van der Waals surface area contributed by atoms with Crippen LogP contribution in [0.3, 0.4) is 0 Å². The van der Waals surface area contributed by atoms with E-state index in [-0.39, 0.29) is 23.4 Å². The van der Waals surface area contributed by atoms with Gasteiger partial charge < -0.3 is 15.7 Å². The van der Waals surface area contributed by atoms with Crippen LogP contribution in [0.1, 0.15) is 13.3 Å². The summed E-state index contributed by atoms with van der Waals surface area (Å²) in [5.74, 6) is -0.00604. The quantitative estimate of drug-likeness (QED) is 0.371. The van der Waals surface area contributed by atoms with Crippen LogP contribution in [0.15, 0.2) is 23.4 Å². The smallest absolute Gasteiger partial charge is 0.142 e. The van der Waals surface area contributed by atoms with Crippen LogP contribution in [0.2, 0.25) is 5.02 Å². The van der Waals surface area contributed by atoms with Gasteiger partial charge in [-0.15, -0.1) is 0 Å². The maximum Gasteiger partial charge on any atom is 0.142 e. The highest BCUT2D eigenvalue weighted by atomic mass is 35.5. The maximum absolute atomic E-state index is 12.7. The Morgan fingerprint density at radius 2 is 2.38 bits per heavy atom. The van der Waals surface area contributed by atoms with Gasteiger partial charge in [-0.25, -0.2) is 4.39 Å². The third-order valence-electron chi connectivity index (χ3n) is 1.85. The first kappa shape index (κ1) is 12.6. The summed E-state index contributed by atoms with van der Waals surface area (Å²) in [5, 5.41) is 11.4. The highest BCUT2D eigenvalue weighted by Gasteiger charge is 2.10. The number of amidine groups is 1. The molecule has 1 aromatic carbocycles. The van der Waals surface area contributed by atoms with Crippen LogP contribution in [-0.2, 0) is 0 Å². The molecule has 6 heteroatoms. The van der Waals surface area contributed by atoms with E-state index in [4.69, 9.17) is 27.3 Å². The predicted octanol–water partition coefficient (Wildman–Crippen LogP) is 2.38. The molecule has 1 atom stereocenters. The summed E-state index contributed by atoms with van der Waals surface area (Å²) in [4.78, 5) is 0. The summed E-state index contributed by atoms with van der Waals surface area (Å²) in [7, 11) is 0. The Bertz CT molecular complexity index is 398. The molecule has 0 amide bonds. The molecule has 1 rings (SSSR count). The number of nitrogens with zero attached hydrogens (tertiary/aromatic N) is 1. The largest absolute Gasteiger partial charge is 0.489 e. The highest BCUT2D eigenvalue weighted by Crippen LogP contribution is 2.26. The van der Waals surface area contributed by atoms with E-state index < -0.39 is 5.82 Å². The van der Waals surface area contributed by atoms with Gasteiger partial charge in [-0.1, -0.05) is 16.8 Å². The monoisotopic (exact) mass is 246 g/mol. The van der Waals surface area contributed by atoms with Crippen LogP contribution in [-0.4, -0.2) is 17.1 Å². The van der Waals surface area contributed by atoms with Crippen LogP contribution >= 0.6 is 11.6 Å². The number of benzene rings is 1. The van der Waals surface area contributed by atoms with Gasteiger partial charge in [-0.05, 0) is 25.1 Å². The second-order valence-electron chi connectivity index (χ2n) is 3.30. The van der Waals surface area contributed by atoms with E-state index in [0.29, 0.717) is 5.75 Å². The molecule has 1 aromatic rings. The molecule has 0 aliphatic carbocycles. The molecular formula is C10H12ClFN2O2. The number of halogens is 2. The average Bonchev–Trinajstić information content (AvgIpc) is 2.22. The van der Waals surface area contributed by atoms with Crippen molar-refractivity contribution in [1.82, 2.24) is 0 Å². The Morgan fingerprint density at radius 3 is 2.94 bits per heavy atom. The Balaban J connectivity index is 2.66. The fourth-order valence-corrected chi connectivity index (χ4v) is 1.38. The van der Waals surface area contributed by atoms with E-state index >= 15 is 0 Å². The second-order valence-corrected chi connectivity index (χ2v) is 3.71. The summed E-state index contributed by atoms with van der Waals surface area (Å²) in [6, 6.07) is 3.84. The van der Waals surface area contributed by atoms with Crippen molar-refractivity contribution in [2.24, 2.45) is 10.9 Å². The minimum Gasteiger partial charge on any atom is -0.489 e. The van der Waals surface area contributed by atoms with E-state index in [2.05, 4.69) is 5.16 Å². The van der Waals surface area contributed by atoms with Gasteiger partial charge in [0.15, 0.2) is 0 Å². The lowest BCUT2D eigenvalue weighted by Crippen LogP contribution is -2.22. The summed E-state index contributed by atoms with van der Waals surface area (Å²) in [6.45, 7) is 1.73. The maximum atomic E-state index is 12.7. The third kappa shape index (κ3) is 3.58. The van der Waals surface area contributed by atoms with Crippen molar-refractivity contribution in [3.63, 3.8) is 0 Å². The molecular weight excluding hydrogens is 235 g/mol. The predicted molar refractivity (Wildman–Crippen MR) is 59.5 cm³/mol. The van der Waals surface area contributed by atoms with E-state index in [9.17, 15) is 4.39 Å². The van der Waals surface area contributed by atoms with Crippen LogP contribution in [0.5, 0.6) is 5.75 Å². The first-order chi connectivity index (χ1) is 7.52. The number of nitrogens with two attached hydrogens (primary N) is 1. The molecule has 0 fully saturated rings. The third-order valence-corrected chi connectivity index (χ3v) is 2.14. The first-order valence-corrected chi connectivity index (χ1v) is 4.99. The number of ether oxygens (including phenoxy) is 1. The van der Waals surface area contributed by atoms with E-state index in [1.54, 1.807) is 6.92 Å². The van der Waals surface area contributed by atoms with Gasteiger partial charge in [0, 0.05) is 6.42 Å². The van der Waals surface area contributed by atoms with Crippen LogP contribution in [0.4, 0.5) is 4.39 Å². The van der Waals surface area contributed by atoms with Gasteiger partial charge >= 0.3 is 0 Å². The standard InChI is InChI=1S/C10H12ClFN2O2/c1-6(4-10(13)14-15)16-9-3-2-7(12)5-8(9)11/h2-3,5-6,15H,4H2,1H3,(H2,13,14). The lowest BCUT2D eigenvalue weighted by molar-refractivity contribution is 0.226. The highest BCUT2D eigenvalue weighted by molar-refractivity contribution is 6.32. The van der Waals surface area contributed by atoms with E-state index in [1.165, 1.54) is 12.1 Å². The van der Waals surface area contributed by atoms with Crippen molar-refractivity contribution in [3.8, 4) is 5.75 Å². The molecule has 3 N–H and O–H groups in total. The molecule has 4 nitrogen and oxygen atoms in total. The first-order valence-electron chi connectivity index (χ1n) is 4.61. The van der Waals surface area contributed by atoms with Crippen LogP contribution < -0.4 is 10.5 Å². The Kier molecular flexibility index (Phi) is 4.37. The van der Waals surface area contributed by atoms with Gasteiger partial charge in [-0.3, -0.25) is 0 Å². The number of hydrogen-bond acceptors (Lipinski definition) is 3. The zero-order valence-electron chi connectivity index (χ0n) is 8.65. The normalized spacial score (nSPS) is 13.6. The summed E-state index contributed by atoms with van der Waals surface area (Å²) in [6.07, 6.45) is -0.0663. The van der Waals surface area contributed by atoms with Crippen LogP contribution in [0.25, 0.3) is 0 Å². The van der Waals surface area contributed by atoms with E-state index in [0.717, 1.165) is 6.07 Å². The molecule has 0 bridgehead atoms. The number of hydrogen-bond donors (Lipinski definition) is 2. The Hall–Kier alpha value is -1.49. The number of oxime groups is 1. The fraction of sp³-hybridized carbons (Fsp3) is 0.300. The molecule has 0 aliphatic rings. The Labute approximate surface area is 97.5 Å². The topological polar surface area (TPSA) is 67.8 Å². The molecule has 1 unspecified atom stereocenters. The van der Waals surface area contributed by atoms with Gasteiger partial charge in [0.05, 0.1) is 5.02 Å². The zero-order valence-corrected chi connectivity index (χ0v) is 9.41. The van der Waals surface area contributed by atoms with Crippen molar-refractivity contribution < 1.29 is 14.3 Å². The molecule has 88 valence electrons. The molecule has 16 heavy (non-hydrogen) atoms. The van der Waals surface area contributed by atoms with Crippen molar-refractivity contribution >= 4 is 17.4 Å². The van der Waals surface area contributed by atoms with E-state index in [1.807, 2.05) is 0 Å². The van der Waals surface area contributed by atoms with Crippen molar-refractivity contribution in [3.05, 3.63) is 29.0 Å². The minimum atomic E-state index is -0.429. The zero-order chi connectivity index (χ0) is 12.1. The molecule has 0 spiro atoms. The van der Waals surface area contributed by atoms with Gasteiger partial charge in [0.1, 0.15) is 23.5 Å². The van der Waals surface area contributed by atoms with Gasteiger partial charge in [0.2, 0.25) is 0 Å². The fourth-order valence-electron chi connectivity index (χ4n) is 1.16. The average molecular weight is 247 g/mol. The SMILES string of the molecule is CC(C/C(N)=N/O)Oc1ccc(F)cc1Cl. The van der Waals surface area contributed by atoms with Crippen molar-refractivity contribution in [1.29, 1.82) is 0 Å². The number of rotatable bonds is 4. The van der Waals surface area contributed by atoms with Gasteiger partial charge in [0.25, 0.3) is 0 Å². The van der Waals surface area contributed by atoms with Crippen molar-refractivity contribution in [2.75, 3.05) is 0 Å². The molecule has 0 radical (unpaired) electrons. The molecule has 0 saturated heterocycles. The molecule has 0 heterocycles. The van der Waals surface area contributed by atoms with Crippen molar-refractivity contribution in [2.45, 2.75) is 19.4 Å². The molecule has 0 saturated carbocycles. The summed E-state index contributed by atoms with van der Waals surface area (Å²) in [5.41, 5.74) is 5.32. The lowest BCUT2D eigenvalue weighted by atomic mass is 10.2. The summed E-state index contributed by atoms with van der Waals surface area (Å²) >= 11 is 5.77. The van der Waals surface area contributed by atoms with Gasteiger partial charge in [-0.2, -0.15) is 0 Å². The van der Waals surface area contributed by atoms with Crippen LogP contribution in [0, 0.1) is 5.82 Å². The molecule has 0 aromatic heterocycles. The lowest BCUT2D eigenvalue weighted by Gasteiger charge is -2.14. The summed E-state index contributed by atoms with van der Waals surface area (Å²) < 4.78 is 18.1. The molecule has 0 aliphatic heterocycles.